The predicted molar refractivity (Wildman–Crippen MR) is 80.5 cm³/mol. The van der Waals surface area contributed by atoms with Crippen LogP contribution in [0.5, 0.6) is 0 Å². The number of amides is 2. The summed E-state index contributed by atoms with van der Waals surface area (Å²) in [5, 5.41) is 5.42. The molecule has 0 saturated heterocycles. The lowest BCUT2D eigenvalue weighted by Crippen LogP contribution is -2.34. The van der Waals surface area contributed by atoms with Gasteiger partial charge in [-0.2, -0.15) is 0 Å². The van der Waals surface area contributed by atoms with Crippen molar-refractivity contribution in [2.24, 2.45) is 0 Å². The van der Waals surface area contributed by atoms with Gasteiger partial charge in [-0.15, -0.1) is 0 Å². The lowest BCUT2D eigenvalue weighted by Gasteiger charge is -2.06. The lowest BCUT2D eigenvalue weighted by molar-refractivity contribution is -0.121. The van der Waals surface area contributed by atoms with E-state index in [1.807, 2.05) is 12.1 Å². The third-order valence-corrected chi connectivity index (χ3v) is 3.03. The molecule has 0 fully saturated rings. The highest BCUT2D eigenvalue weighted by atomic mass is 16.2. The van der Waals surface area contributed by atoms with Crippen molar-refractivity contribution in [3.05, 3.63) is 35.4 Å². The second kappa shape index (κ2) is 9.13. The van der Waals surface area contributed by atoms with Crippen LogP contribution in [0.25, 0.3) is 0 Å². The van der Waals surface area contributed by atoms with E-state index in [4.69, 9.17) is 0 Å². The zero-order valence-electron chi connectivity index (χ0n) is 12.4. The summed E-state index contributed by atoms with van der Waals surface area (Å²) in [6, 6.07) is 8.21. The van der Waals surface area contributed by atoms with Gasteiger partial charge in [0.05, 0.1) is 6.42 Å². The number of nitrogens with one attached hydrogen (secondary N) is 2. The van der Waals surface area contributed by atoms with Crippen LogP contribution in [0.3, 0.4) is 0 Å². The molecule has 0 atom stereocenters. The van der Waals surface area contributed by atoms with Crippen LogP contribution in [0.15, 0.2) is 24.3 Å². The van der Waals surface area contributed by atoms with Crippen molar-refractivity contribution in [3.8, 4) is 0 Å². The highest BCUT2D eigenvalue weighted by Crippen LogP contribution is 2.08. The van der Waals surface area contributed by atoms with Gasteiger partial charge < -0.3 is 10.6 Å². The molecule has 0 saturated carbocycles. The monoisotopic (exact) mass is 276 g/mol. The number of aryl methyl sites for hydroxylation is 1. The Morgan fingerprint density at radius 2 is 1.60 bits per heavy atom. The van der Waals surface area contributed by atoms with Gasteiger partial charge in [-0.3, -0.25) is 9.59 Å². The summed E-state index contributed by atoms with van der Waals surface area (Å²) >= 11 is 0. The van der Waals surface area contributed by atoms with Gasteiger partial charge in [0.1, 0.15) is 0 Å². The quantitative estimate of drug-likeness (QED) is 0.712. The molecule has 0 aliphatic carbocycles. The van der Waals surface area contributed by atoms with Gasteiger partial charge in [-0.05, 0) is 24.0 Å². The van der Waals surface area contributed by atoms with Crippen LogP contribution < -0.4 is 10.6 Å². The van der Waals surface area contributed by atoms with Crippen molar-refractivity contribution in [2.75, 3.05) is 13.1 Å². The van der Waals surface area contributed by atoms with E-state index in [0.717, 1.165) is 12.0 Å². The van der Waals surface area contributed by atoms with Crippen LogP contribution in [0, 0.1) is 0 Å². The van der Waals surface area contributed by atoms with Crippen LogP contribution in [0.4, 0.5) is 0 Å². The molecular weight excluding hydrogens is 252 g/mol. The number of hydrogen-bond acceptors (Lipinski definition) is 2. The molecule has 0 aromatic heterocycles. The molecule has 20 heavy (non-hydrogen) atoms. The molecule has 1 aromatic carbocycles. The fourth-order valence-corrected chi connectivity index (χ4v) is 1.89. The third-order valence-electron chi connectivity index (χ3n) is 3.03. The van der Waals surface area contributed by atoms with Crippen molar-refractivity contribution in [3.63, 3.8) is 0 Å². The molecule has 0 unspecified atom stereocenters. The first-order valence-corrected chi connectivity index (χ1v) is 7.20. The lowest BCUT2D eigenvalue weighted by atomic mass is 10.0. The highest BCUT2D eigenvalue weighted by Gasteiger charge is 2.03. The molecule has 0 spiro atoms. The molecule has 0 radical (unpaired) electrons. The average Bonchev–Trinajstić information content (AvgIpc) is 2.43. The van der Waals surface area contributed by atoms with E-state index in [1.54, 1.807) is 0 Å². The number of carbonyl (C=O) groups is 2. The molecule has 2 amide bonds. The van der Waals surface area contributed by atoms with E-state index in [0.29, 0.717) is 19.5 Å². The maximum absolute atomic E-state index is 11.7. The van der Waals surface area contributed by atoms with Crippen molar-refractivity contribution in [2.45, 2.75) is 39.5 Å². The fraction of sp³-hybridized carbons (Fsp3) is 0.500. The van der Waals surface area contributed by atoms with Gasteiger partial charge in [-0.25, -0.2) is 0 Å². The van der Waals surface area contributed by atoms with Crippen LogP contribution in [0.1, 0.15) is 37.8 Å². The summed E-state index contributed by atoms with van der Waals surface area (Å²) in [5.41, 5.74) is 2.34. The van der Waals surface area contributed by atoms with E-state index in [-0.39, 0.29) is 11.8 Å². The van der Waals surface area contributed by atoms with Crippen molar-refractivity contribution >= 4 is 11.8 Å². The van der Waals surface area contributed by atoms with Crippen LogP contribution in [-0.2, 0) is 22.4 Å². The molecule has 4 heteroatoms. The Morgan fingerprint density at radius 1 is 1.00 bits per heavy atom. The molecule has 4 nitrogen and oxygen atoms in total. The largest absolute Gasteiger partial charge is 0.355 e. The topological polar surface area (TPSA) is 58.2 Å². The summed E-state index contributed by atoms with van der Waals surface area (Å²) in [5.74, 6) is -0.0985. The van der Waals surface area contributed by atoms with Gasteiger partial charge in [0.15, 0.2) is 0 Å². The molecule has 0 bridgehead atoms. The number of carbonyl (C=O) groups excluding carboxylic acids is 2. The minimum Gasteiger partial charge on any atom is -0.355 e. The first-order valence-electron chi connectivity index (χ1n) is 7.20. The van der Waals surface area contributed by atoms with Gasteiger partial charge >= 0.3 is 0 Å². The van der Waals surface area contributed by atoms with Gasteiger partial charge in [0.25, 0.3) is 0 Å². The van der Waals surface area contributed by atoms with E-state index in [1.165, 1.54) is 25.3 Å². The minimum atomic E-state index is -0.0816. The Hall–Kier alpha value is -1.84. The summed E-state index contributed by atoms with van der Waals surface area (Å²) in [6.45, 7) is 4.58. The Bertz CT molecular complexity index is 427. The Balaban J connectivity index is 2.29. The smallest absolute Gasteiger partial charge is 0.224 e. The SMILES string of the molecule is CCCCc1ccc(CC(=O)NCCNC(C)=O)cc1. The summed E-state index contributed by atoms with van der Waals surface area (Å²) in [7, 11) is 0. The summed E-state index contributed by atoms with van der Waals surface area (Å²) < 4.78 is 0. The van der Waals surface area contributed by atoms with Gasteiger partial charge in [0.2, 0.25) is 11.8 Å². The van der Waals surface area contributed by atoms with Crippen LogP contribution in [-0.4, -0.2) is 24.9 Å². The predicted octanol–water partition coefficient (Wildman–Crippen LogP) is 1.82. The normalized spacial score (nSPS) is 10.1. The van der Waals surface area contributed by atoms with E-state index < -0.39 is 0 Å². The molecule has 110 valence electrons. The first-order chi connectivity index (χ1) is 9.61. The number of unbranched alkanes of at least 4 members (excludes halogenated alkanes) is 1. The van der Waals surface area contributed by atoms with Crippen LogP contribution in [0.2, 0.25) is 0 Å². The minimum absolute atomic E-state index is 0.0170. The second-order valence-electron chi connectivity index (χ2n) is 4.93. The molecule has 2 N–H and O–H groups in total. The molecular formula is C16H24N2O2. The zero-order valence-corrected chi connectivity index (χ0v) is 12.4. The van der Waals surface area contributed by atoms with E-state index >= 15 is 0 Å². The second-order valence-corrected chi connectivity index (χ2v) is 4.93. The molecule has 1 rings (SSSR count). The molecule has 0 aliphatic heterocycles. The molecule has 0 heterocycles. The first kappa shape index (κ1) is 16.2. The van der Waals surface area contributed by atoms with Crippen molar-refractivity contribution < 1.29 is 9.59 Å². The van der Waals surface area contributed by atoms with Crippen molar-refractivity contribution in [1.29, 1.82) is 0 Å². The fourth-order valence-electron chi connectivity index (χ4n) is 1.89. The maximum Gasteiger partial charge on any atom is 0.224 e. The van der Waals surface area contributed by atoms with E-state index in [9.17, 15) is 9.59 Å². The summed E-state index contributed by atoms with van der Waals surface area (Å²) in [4.78, 5) is 22.4. The molecule has 1 aromatic rings. The summed E-state index contributed by atoms with van der Waals surface area (Å²) in [6.07, 6.45) is 3.87. The third kappa shape index (κ3) is 6.92. The Morgan fingerprint density at radius 3 is 2.20 bits per heavy atom. The number of rotatable bonds is 8. The number of hydrogen-bond donors (Lipinski definition) is 2. The zero-order chi connectivity index (χ0) is 14.8. The van der Waals surface area contributed by atoms with Gasteiger partial charge in [0, 0.05) is 20.0 Å². The van der Waals surface area contributed by atoms with Gasteiger partial charge in [-0.1, -0.05) is 37.6 Å². The van der Waals surface area contributed by atoms with E-state index in [2.05, 4.69) is 29.7 Å². The Kier molecular flexibility index (Phi) is 7.40. The average molecular weight is 276 g/mol. The number of benzene rings is 1. The highest BCUT2D eigenvalue weighted by molar-refractivity contribution is 5.78. The van der Waals surface area contributed by atoms with Crippen molar-refractivity contribution in [1.82, 2.24) is 10.6 Å². The Labute approximate surface area is 121 Å². The van der Waals surface area contributed by atoms with Crippen LogP contribution >= 0.6 is 0 Å². The molecule has 0 aliphatic rings. The maximum atomic E-state index is 11.7. The standard InChI is InChI=1S/C16H24N2O2/c1-3-4-5-14-6-8-15(9-7-14)12-16(20)18-11-10-17-13(2)19/h6-9H,3-5,10-12H2,1-2H3,(H,17,19)(H,18,20).